The Balaban J connectivity index is 1.15. The molecule has 3 saturated heterocycles. The fourth-order valence-electron chi connectivity index (χ4n) is 7.64. The Bertz CT molecular complexity index is 2170. The molecule has 3 atom stereocenters. The van der Waals surface area contributed by atoms with Crippen molar-refractivity contribution >= 4 is 35.3 Å². The number of fused-ring (bicyclic) bond motifs is 3. The Morgan fingerprint density at radius 2 is 1.64 bits per heavy atom. The highest BCUT2D eigenvalue weighted by atomic mass is 35.5. The normalized spacial score (nSPS) is 18.5. The highest BCUT2D eigenvalue weighted by molar-refractivity contribution is 6.35. The van der Waals surface area contributed by atoms with E-state index < -0.39 is 24.0 Å². The fourth-order valence-corrected chi connectivity index (χ4v) is 8.24. The SMILES string of the molecule is COc1ccc([C@H](Cc2c(Cl)c[n+]([O-])cc2Cl)c2cc(COc3cccc([C@@H](NC(=O)O[C@H]4CN5CCC4CC5)c4ccccc4)c3)oc2C(=O)O)cc1OC. The number of aromatic carboxylic acids is 1. The molecule has 5 heterocycles. The first-order valence-corrected chi connectivity index (χ1v) is 19.0. The topological polar surface area (TPSA) is 147 Å². The third kappa shape index (κ3) is 8.67. The van der Waals surface area contributed by atoms with Gasteiger partial charge in [0.25, 0.3) is 0 Å². The van der Waals surface area contributed by atoms with Crippen LogP contribution in [0.25, 0.3) is 0 Å². The van der Waals surface area contributed by atoms with E-state index in [0.29, 0.717) is 44.6 Å². The van der Waals surface area contributed by atoms with Gasteiger partial charge in [-0.3, -0.25) is 4.90 Å². The molecule has 14 heteroatoms. The maximum absolute atomic E-state index is 13.3. The number of methoxy groups -OCH3 is 2. The fraction of sp³-hybridized carbons (Fsp3) is 0.310. The second-order valence-corrected chi connectivity index (χ2v) is 14.7. The number of carbonyl (C=O) groups is 2. The predicted octanol–water partition coefficient (Wildman–Crippen LogP) is 7.80. The Kier molecular flexibility index (Phi) is 11.9. The van der Waals surface area contributed by atoms with Crippen molar-refractivity contribution < 1.29 is 42.8 Å². The molecule has 2 aromatic heterocycles. The number of furan rings is 1. The van der Waals surface area contributed by atoms with Gasteiger partial charge in [-0.05, 0) is 85.3 Å². The van der Waals surface area contributed by atoms with Gasteiger partial charge in [0, 0.05) is 23.6 Å². The van der Waals surface area contributed by atoms with E-state index in [1.54, 1.807) is 30.3 Å². The first kappa shape index (κ1) is 38.8. The zero-order valence-corrected chi connectivity index (χ0v) is 32.3. The molecular weight excluding hydrogens is 761 g/mol. The summed E-state index contributed by atoms with van der Waals surface area (Å²) in [5, 5.41) is 25.7. The lowest BCUT2D eigenvalue weighted by Gasteiger charge is -2.43. The number of alkyl carbamates (subject to hydrolysis) is 1. The van der Waals surface area contributed by atoms with Gasteiger partial charge in [-0.25, -0.2) is 9.59 Å². The van der Waals surface area contributed by atoms with Crippen LogP contribution in [0.4, 0.5) is 4.79 Å². The van der Waals surface area contributed by atoms with Gasteiger partial charge in [-0.2, -0.15) is 4.73 Å². The van der Waals surface area contributed by atoms with E-state index in [4.69, 9.17) is 46.6 Å². The van der Waals surface area contributed by atoms with Crippen molar-refractivity contribution in [3.05, 3.63) is 146 Å². The third-order valence-electron chi connectivity index (χ3n) is 10.5. The first-order valence-electron chi connectivity index (χ1n) is 18.2. The summed E-state index contributed by atoms with van der Waals surface area (Å²) in [6.07, 6.45) is 3.92. The van der Waals surface area contributed by atoms with Crippen molar-refractivity contribution in [1.82, 2.24) is 10.2 Å². The number of ether oxygens (including phenoxy) is 4. The molecule has 3 aromatic carbocycles. The van der Waals surface area contributed by atoms with Crippen molar-refractivity contribution in [2.24, 2.45) is 5.92 Å². The molecule has 0 aliphatic carbocycles. The van der Waals surface area contributed by atoms with Gasteiger partial charge in [0.05, 0.1) is 20.3 Å². The van der Waals surface area contributed by atoms with E-state index >= 15 is 0 Å². The number of nitrogens with zero attached hydrogens (tertiary/aromatic N) is 2. The van der Waals surface area contributed by atoms with E-state index in [2.05, 4.69) is 10.2 Å². The maximum Gasteiger partial charge on any atom is 0.408 e. The molecule has 56 heavy (non-hydrogen) atoms. The van der Waals surface area contributed by atoms with Crippen molar-refractivity contribution in [1.29, 1.82) is 0 Å². The van der Waals surface area contributed by atoms with Gasteiger partial charge >= 0.3 is 12.1 Å². The zero-order chi connectivity index (χ0) is 39.3. The van der Waals surface area contributed by atoms with E-state index in [9.17, 15) is 19.9 Å². The lowest BCUT2D eigenvalue weighted by molar-refractivity contribution is -0.605. The summed E-state index contributed by atoms with van der Waals surface area (Å²) in [5.74, 6) is -0.260. The number of piperidine rings is 3. The van der Waals surface area contributed by atoms with Crippen molar-refractivity contribution in [3.63, 3.8) is 0 Å². The Morgan fingerprint density at radius 3 is 2.30 bits per heavy atom. The minimum absolute atomic E-state index is 0.115. The monoisotopic (exact) mass is 801 g/mol. The molecule has 0 spiro atoms. The number of aromatic nitrogens is 1. The molecule has 1 amide bonds. The summed E-state index contributed by atoms with van der Waals surface area (Å²) in [6, 6.07) is 23.3. The number of halogens is 2. The largest absolute Gasteiger partial charge is 0.619 e. The molecule has 2 bridgehead atoms. The second-order valence-electron chi connectivity index (χ2n) is 13.9. The molecule has 2 N–H and O–H groups in total. The average molecular weight is 803 g/mol. The van der Waals surface area contributed by atoms with E-state index in [0.717, 1.165) is 43.6 Å². The molecule has 0 saturated carbocycles. The molecule has 3 aliphatic heterocycles. The molecular formula is C42H41Cl2N3O9. The summed E-state index contributed by atoms with van der Waals surface area (Å²) >= 11 is 13.0. The highest BCUT2D eigenvalue weighted by Gasteiger charge is 2.37. The van der Waals surface area contributed by atoms with Crippen LogP contribution in [0, 0.1) is 11.1 Å². The van der Waals surface area contributed by atoms with Crippen molar-refractivity contribution in [3.8, 4) is 17.2 Å². The third-order valence-corrected chi connectivity index (χ3v) is 11.1. The van der Waals surface area contributed by atoms with E-state index in [-0.39, 0.29) is 40.7 Å². The number of carbonyl (C=O) groups excluding carboxylic acids is 1. The molecule has 292 valence electrons. The van der Waals surface area contributed by atoms with Crippen LogP contribution >= 0.6 is 23.2 Å². The predicted molar refractivity (Wildman–Crippen MR) is 208 cm³/mol. The number of amides is 1. The summed E-state index contributed by atoms with van der Waals surface area (Å²) in [6.45, 7) is 2.72. The number of rotatable bonds is 14. The maximum atomic E-state index is 13.3. The number of nitrogens with one attached hydrogen (secondary N) is 1. The van der Waals surface area contributed by atoms with Crippen LogP contribution in [-0.2, 0) is 17.8 Å². The Hall–Kier alpha value is -5.43. The van der Waals surface area contributed by atoms with E-state index in [1.165, 1.54) is 26.6 Å². The van der Waals surface area contributed by atoms with Crippen LogP contribution in [0.15, 0.2) is 95.7 Å². The number of hydrogen-bond donors (Lipinski definition) is 2. The van der Waals surface area contributed by atoms with Crippen LogP contribution in [0.1, 0.15) is 68.9 Å². The molecule has 3 fully saturated rings. The van der Waals surface area contributed by atoms with Gasteiger partial charge in [0.15, 0.2) is 23.9 Å². The van der Waals surface area contributed by atoms with Crippen molar-refractivity contribution in [2.75, 3.05) is 33.9 Å². The first-order chi connectivity index (χ1) is 27.1. The zero-order valence-electron chi connectivity index (χ0n) is 30.8. The summed E-state index contributed by atoms with van der Waals surface area (Å²) in [5.41, 5.74) is 3.06. The van der Waals surface area contributed by atoms with Crippen LogP contribution in [-0.4, -0.2) is 62.0 Å². The summed E-state index contributed by atoms with van der Waals surface area (Å²) in [7, 11) is 3.02. The number of pyridine rings is 1. The van der Waals surface area contributed by atoms with E-state index in [1.807, 2.05) is 48.5 Å². The molecule has 0 unspecified atom stereocenters. The highest BCUT2D eigenvalue weighted by Crippen LogP contribution is 2.40. The van der Waals surface area contributed by atoms with Crippen LogP contribution in [0.2, 0.25) is 10.0 Å². The van der Waals surface area contributed by atoms with Crippen LogP contribution < -0.4 is 24.3 Å². The molecule has 8 rings (SSSR count). The summed E-state index contributed by atoms with van der Waals surface area (Å²) < 4.78 is 29.6. The number of benzene rings is 3. The van der Waals surface area contributed by atoms with Gasteiger partial charge in [-0.15, -0.1) is 0 Å². The lowest BCUT2D eigenvalue weighted by atomic mass is 9.85. The molecule has 5 aromatic rings. The summed E-state index contributed by atoms with van der Waals surface area (Å²) in [4.78, 5) is 28.4. The Labute approximate surface area is 334 Å². The van der Waals surface area contributed by atoms with Gasteiger partial charge in [0.2, 0.25) is 5.76 Å². The van der Waals surface area contributed by atoms with Gasteiger partial charge in [0.1, 0.15) is 34.3 Å². The van der Waals surface area contributed by atoms with Gasteiger partial charge < -0.3 is 39.0 Å². The smallest absolute Gasteiger partial charge is 0.408 e. The van der Waals surface area contributed by atoms with Crippen LogP contribution in [0.5, 0.6) is 17.2 Å². The molecule has 3 aliphatic rings. The minimum atomic E-state index is -1.29. The average Bonchev–Trinajstić information content (AvgIpc) is 3.64. The quantitative estimate of drug-likeness (QED) is 0.0843. The molecule has 12 nitrogen and oxygen atoms in total. The number of hydrogen-bond acceptors (Lipinski definition) is 9. The van der Waals surface area contributed by atoms with Crippen molar-refractivity contribution in [2.45, 2.75) is 43.9 Å². The minimum Gasteiger partial charge on any atom is -0.619 e. The Morgan fingerprint density at radius 1 is 0.929 bits per heavy atom. The molecule has 0 radical (unpaired) electrons. The van der Waals surface area contributed by atoms with Crippen LogP contribution in [0.3, 0.4) is 0 Å². The standard InChI is InChI=1S/C42H41Cl2N3O9/c1-52-36-12-11-27(18-37(36)53-2)31(20-33-34(43)21-47(51)22-35(33)44)32-19-30(55-40(32)41(48)49)24-54-29-10-6-9-28(17-29)39(26-7-4-3-5-8-26)45-42(50)56-38-23-46-15-13-25(38)14-16-46/h3-12,17-19,21-22,25,31,38-39H,13-16,20,23-24H2,1-2H3,(H,45,50)(H,48,49)/t31-,38-,39-/m0/s1. The number of carboxylic acids is 1. The second kappa shape index (κ2) is 17.2. The number of carboxylic acid groups (broad SMARTS) is 1. The van der Waals surface area contributed by atoms with Gasteiger partial charge in [-0.1, -0.05) is 71.7 Å². The lowest BCUT2D eigenvalue weighted by Crippen LogP contribution is -2.52.